The number of rotatable bonds is 2. The molecule has 0 bridgehead atoms. The Morgan fingerprint density at radius 1 is 1.28 bits per heavy atom. The summed E-state index contributed by atoms with van der Waals surface area (Å²) in [5.41, 5.74) is 7.14. The van der Waals surface area contributed by atoms with Crippen molar-refractivity contribution < 1.29 is 4.52 Å². The summed E-state index contributed by atoms with van der Waals surface area (Å²) in [4.78, 5) is 8.38. The number of anilines is 1. The van der Waals surface area contributed by atoms with Gasteiger partial charge in [0.05, 0.1) is 15.6 Å². The van der Waals surface area contributed by atoms with Gasteiger partial charge in [-0.3, -0.25) is 4.98 Å². The number of nitrogens with two attached hydrogens (primary N) is 1. The first-order valence-corrected chi connectivity index (χ1v) is 6.29. The molecule has 0 amide bonds. The van der Waals surface area contributed by atoms with E-state index in [1.54, 1.807) is 12.1 Å². The maximum absolute atomic E-state index is 5.80. The first-order valence-electron chi connectivity index (χ1n) is 5.03. The number of hydrogen-bond donors (Lipinski definition) is 1. The summed E-state index contributed by atoms with van der Waals surface area (Å²) in [6, 6.07) is 5.29. The van der Waals surface area contributed by atoms with E-state index in [4.69, 9.17) is 21.9 Å². The second-order valence-electron chi connectivity index (χ2n) is 3.48. The molecule has 0 atom stereocenters. The minimum absolute atomic E-state index is 0.389. The van der Waals surface area contributed by atoms with E-state index >= 15 is 0 Å². The molecule has 3 heterocycles. The van der Waals surface area contributed by atoms with Crippen molar-refractivity contribution in [1.82, 2.24) is 15.1 Å². The highest BCUT2D eigenvalue weighted by atomic mass is 35.5. The first-order chi connectivity index (χ1) is 8.74. The normalized spacial score (nSPS) is 10.7. The van der Waals surface area contributed by atoms with Gasteiger partial charge in [0.1, 0.15) is 5.69 Å². The van der Waals surface area contributed by atoms with Gasteiger partial charge < -0.3 is 10.3 Å². The molecule has 5 nitrogen and oxygen atoms in total. The number of nitrogen functional groups attached to an aromatic ring is 1. The summed E-state index contributed by atoms with van der Waals surface area (Å²) in [6.07, 6.45) is 1.53. The molecule has 0 unspecified atom stereocenters. The lowest BCUT2D eigenvalue weighted by molar-refractivity contribution is 0.432. The van der Waals surface area contributed by atoms with Crippen LogP contribution in [0.25, 0.3) is 23.0 Å². The van der Waals surface area contributed by atoms with Gasteiger partial charge in [-0.2, -0.15) is 4.98 Å². The third-order valence-corrected chi connectivity index (χ3v) is 3.28. The zero-order valence-corrected chi connectivity index (χ0v) is 10.6. The molecular formula is C11H7ClN4OS. The maximum Gasteiger partial charge on any atom is 0.261 e. The van der Waals surface area contributed by atoms with Crippen LogP contribution in [-0.4, -0.2) is 15.1 Å². The van der Waals surface area contributed by atoms with Crippen LogP contribution >= 0.6 is 22.9 Å². The van der Waals surface area contributed by atoms with Crippen molar-refractivity contribution >= 4 is 27.9 Å². The van der Waals surface area contributed by atoms with Crippen molar-refractivity contribution in [3.8, 4) is 23.0 Å². The Balaban J connectivity index is 1.99. The molecule has 0 saturated heterocycles. The summed E-state index contributed by atoms with van der Waals surface area (Å²) in [6.45, 7) is 0. The average Bonchev–Trinajstić information content (AvgIpc) is 2.98. The number of pyridine rings is 1. The van der Waals surface area contributed by atoms with Gasteiger partial charge in [-0.15, -0.1) is 11.3 Å². The zero-order valence-electron chi connectivity index (χ0n) is 9.00. The Bertz CT molecular complexity index is 676. The van der Waals surface area contributed by atoms with Crippen LogP contribution < -0.4 is 5.73 Å². The van der Waals surface area contributed by atoms with Crippen LogP contribution in [0.2, 0.25) is 5.02 Å². The molecule has 3 aromatic heterocycles. The summed E-state index contributed by atoms with van der Waals surface area (Å²) < 4.78 is 5.17. The van der Waals surface area contributed by atoms with E-state index in [9.17, 15) is 0 Å². The maximum atomic E-state index is 5.80. The highest BCUT2D eigenvalue weighted by Gasteiger charge is 2.14. The highest BCUT2D eigenvalue weighted by Crippen LogP contribution is 2.30. The molecule has 0 radical (unpaired) electrons. The van der Waals surface area contributed by atoms with Gasteiger partial charge in [-0.25, -0.2) is 0 Å². The lowest BCUT2D eigenvalue weighted by atomic mass is 10.3. The van der Waals surface area contributed by atoms with Crippen molar-refractivity contribution in [2.24, 2.45) is 0 Å². The van der Waals surface area contributed by atoms with Gasteiger partial charge in [-0.1, -0.05) is 16.8 Å². The monoisotopic (exact) mass is 278 g/mol. The molecule has 0 aliphatic carbocycles. The van der Waals surface area contributed by atoms with E-state index < -0.39 is 0 Å². The third kappa shape index (κ3) is 1.96. The lowest BCUT2D eigenvalue weighted by Crippen LogP contribution is -1.86. The van der Waals surface area contributed by atoms with Gasteiger partial charge in [0.15, 0.2) is 0 Å². The smallest absolute Gasteiger partial charge is 0.261 e. The summed E-state index contributed by atoms with van der Waals surface area (Å²) in [7, 11) is 0. The SMILES string of the molecule is Nc1sccc1-c1nc(-c2ccc(Cl)cn2)no1. The molecule has 3 aromatic rings. The van der Waals surface area contributed by atoms with Crippen LogP contribution in [0.4, 0.5) is 5.00 Å². The van der Waals surface area contributed by atoms with Crippen molar-refractivity contribution in [3.05, 3.63) is 34.8 Å². The Labute approximate surface area is 111 Å². The van der Waals surface area contributed by atoms with E-state index in [1.165, 1.54) is 17.5 Å². The minimum Gasteiger partial charge on any atom is -0.390 e. The topological polar surface area (TPSA) is 77.8 Å². The number of halogens is 1. The van der Waals surface area contributed by atoms with E-state index in [-0.39, 0.29) is 0 Å². The number of nitrogens with zero attached hydrogens (tertiary/aromatic N) is 3. The predicted octanol–water partition coefficient (Wildman–Crippen LogP) is 3.10. The molecule has 3 rings (SSSR count). The van der Waals surface area contributed by atoms with Crippen LogP contribution in [-0.2, 0) is 0 Å². The van der Waals surface area contributed by atoms with Crippen molar-refractivity contribution in [2.45, 2.75) is 0 Å². The quantitative estimate of drug-likeness (QED) is 0.779. The highest BCUT2D eigenvalue weighted by molar-refractivity contribution is 7.14. The summed E-state index contributed by atoms with van der Waals surface area (Å²) >= 11 is 7.19. The van der Waals surface area contributed by atoms with Gasteiger partial charge in [0.2, 0.25) is 5.82 Å². The molecule has 7 heteroatoms. The van der Waals surface area contributed by atoms with E-state index in [1.807, 2.05) is 11.4 Å². The second kappa shape index (κ2) is 4.40. The molecule has 0 spiro atoms. The van der Waals surface area contributed by atoms with Crippen LogP contribution in [0, 0.1) is 0 Å². The number of aromatic nitrogens is 3. The van der Waals surface area contributed by atoms with Crippen LogP contribution in [0.5, 0.6) is 0 Å². The molecule has 0 fully saturated rings. The first kappa shape index (κ1) is 11.2. The predicted molar refractivity (Wildman–Crippen MR) is 70.3 cm³/mol. The van der Waals surface area contributed by atoms with Gasteiger partial charge in [0, 0.05) is 6.20 Å². The molecule has 90 valence electrons. The van der Waals surface area contributed by atoms with E-state index in [0.717, 1.165) is 5.56 Å². The molecule has 2 N–H and O–H groups in total. The van der Waals surface area contributed by atoms with Gasteiger partial charge in [0.25, 0.3) is 5.89 Å². The van der Waals surface area contributed by atoms with Crippen molar-refractivity contribution in [3.63, 3.8) is 0 Å². The summed E-state index contributed by atoms with van der Waals surface area (Å²) in [5, 5.41) is 6.95. The fourth-order valence-corrected chi connectivity index (χ4v) is 2.19. The Hall–Kier alpha value is -1.92. The lowest BCUT2D eigenvalue weighted by Gasteiger charge is -1.92. The van der Waals surface area contributed by atoms with Crippen LogP contribution in [0.15, 0.2) is 34.3 Å². The molecule has 0 aliphatic heterocycles. The fourth-order valence-electron chi connectivity index (χ4n) is 1.44. The molecule has 0 saturated carbocycles. The molecule has 18 heavy (non-hydrogen) atoms. The Morgan fingerprint density at radius 3 is 2.83 bits per heavy atom. The molecular weight excluding hydrogens is 272 g/mol. The Kier molecular flexibility index (Phi) is 2.73. The van der Waals surface area contributed by atoms with Crippen molar-refractivity contribution in [2.75, 3.05) is 5.73 Å². The average molecular weight is 279 g/mol. The second-order valence-corrected chi connectivity index (χ2v) is 4.87. The van der Waals surface area contributed by atoms with Crippen LogP contribution in [0.1, 0.15) is 0 Å². The van der Waals surface area contributed by atoms with Gasteiger partial charge in [-0.05, 0) is 23.6 Å². The summed E-state index contributed by atoms with van der Waals surface area (Å²) in [5.74, 6) is 0.799. The van der Waals surface area contributed by atoms with Crippen LogP contribution in [0.3, 0.4) is 0 Å². The van der Waals surface area contributed by atoms with E-state index in [2.05, 4.69) is 15.1 Å². The van der Waals surface area contributed by atoms with Gasteiger partial charge >= 0.3 is 0 Å². The van der Waals surface area contributed by atoms with Crippen molar-refractivity contribution in [1.29, 1.82) is 0 Å². The molecule has 0 aliphatic rings. The fraction of sp³-hybridized carbons (Fsp3) is 0. The van der Waals surface area contributed by atoms with E-state index in [0.29, 0.717) is 27.4 Å². The molecule has 0 aromatic carbocycles. The Morgan fingerprint density at radius 2 is 2.17 bits per heavy atom. The number of thiophene rings is 1. The third-order valence-electron chi connectivity index (χ3n) is 2.31. The standard InChI is InChI=1S/C11H7ClN4OS/c12-6-1-2-8(14-5-6)10-15-11(17-16-10)7-3-4-18-9(7)13/h1-5H,13H2. The minimum atomic E-state index is 0.389. The zero-order chi connectivity index (χ0) is 12.5. The number of hydrogen-bond acceptors (Lipinski definition) is 6. The largest absolute Gasteiger partial charge is 0.390 e.